The van der Waals surface area contributed by atoms with Crippen molar-refractivity contribution >= 4 is 46.1 Å². The number of aryl methyl sites for hydroxylation is 2. The second-order valence-corrected chi connectivity index (χ2v) is 8.84. The summed E-state index contributed by atoms with van der Waals surface area (Å²) in [5, 5.41) is 11.6. The van der Waals surface area contributed by atoms with Crippen molar-refractivity contribution in [1.29, 1.82) is 0 Å². The lowest BCUT2D eigenvalue weighted by molar-refractivity contribution is -0.118. The van der Waals surface area contributed by atoms with Crippen molar-refractivity contribution in [3.8, 4) is 0 Å². The molecule has 0 bridgehead atoms. The minimum atomic E-state index is -0.676. The van der Waals surface area contributed by atoms with Crippen molar-refractivity contribution < 1.29 is 14.3 Å². The first-order valence-corrected chi connectivity index (χ1v) is 11.6. The summed E-state index contributed by atoms with van der Waals surface area (Å²) in [5.74, 6) is 0.0619. The van der Waals surface area contributed by atoms with Crippen LogP contribution in [0.5, 0.6) is 0 Å². The number of rotatable bonds is 10. The predicted octanol–water partition coefficient (Wildman–Crippen LogP) is 3.50. The summed E-state index contributed by atoms with van der Waals surface area (Å²) >= 11 is 2.53. The van der Waals surface area contributed by atoms with E-state index in [0.717, 1.165) is 23.5 Å². The van der Waals surface area contributed by atoms with Crippen molar-refractivity contribution in [2.75, 3.05) is 23.4 Å². The highest BCUT2D eigenvalue weighted by molar-refractivity contribution is 7.99. The van der Waals surface area contributed by atoms with Crippen molar-refractivity contribution in [2.45, 2.75) is 31.5 Å². The van der Waals surface area contributed by atoms with Gasteiger partial charge in [0.05, 0.1) is 5.69 Å². The predicted molar refractivity (Wildman–Crippen MR) is 126 cm³/mol. The molecule has 2 aromatic heterocycles. The monoisotopic (exact) mass is 472 g/mol. The van der Waals surface area contributed by atoms with Gasteiger partial charge in [-0.15, -0.1) is 10.2 Å². The summed E-state index contributed by atoms with van der Waals surface area (Å²) in [5.41, 5.74) is 7.68. The van der Waals surface area contributed by atoms with Crippen LogP contribution in [0, 0.1) is 6.92 Å². The molecule has 0 aliphatic heterocycles. The van der Waals surface area contributed by atoms with Crippen LogP contribution in [0.25, 0.3) is 0 Å². The molecule has 3 aromatic rings. The quantitative estimate of drug-likeness (QED) is 0.261. The third kappa shape index (κ3) is 5.74. The molecular weight excluding hydrogens is 448 g/mol. The summed E-state index contributed by atoms with van der Waals surface area (Å²) in [6.07, 6.45) is 2.33. The van der Waals surface area contributed by atoms with Gasteiger partial charge in [-0.3, -0.25) is 9.36 Å². The second-order valence-electron chi connectivity index (χ2n) is 6.78. The first kappa shape index (κ1) is 23.5. The van der Waals surface area contributed by atoms with Crippen molar-refractivity contribution in [3.05, 3.63) is 59.1 Å². The van der Waals surface area contributed by atoms with Crippen molar-refractivity contribution in [2.24, 2.45) is 0 Å². The summed E-state index contributed by atoms with van der Waals surface area (Å²) < 4.78 is 6.63. The summed E-state index contributed by atoms with van der Waals surface area (Å²) in [7, 11) is 0. The van der Waals surface area contributed by atoms with E-state index in [-0.39, 0.29) is 18.5 Å². The number of aromatic nitrogens is 4. The maximum Gasteiger partial charge on any atom is 0.350 e. The van der Waals surface area contributed by atoms with Gasteiger partial charge in [0.1, 0.15) is 17.5 Å². The molecule has 1 atom stereocenters. The van der Waals surface area contributed by atoms with Gasteiger partial charge < -0.3 is 15.8 Å². The number of esters is 1. The van der Waals surface area contributed by atoms with E-state index < -0.39 is 12.0 Å². The van der Waals surface area contributed by atoms with E-state index in [4.69, 9.17) is 10.5 Å². The Bertz CT molecular complexity index is 1100. The molecular formula is C21H24N6O3S2. The molecule has 0 saturated heterocycles. The molecule has 32 heavy (non-hydrogen) atoms. The number of amides is 1. The van der Waals surface area contributed by atoms with E-state index in [9.17, 15) is 9.59 Å². The Morgan fingerprint density at radius 2 is 2.09 bits per heavy atom. The molecule has 1 aromatic carbocycles. The molecule has 2 heterocycles. The molecule has 11 heteroatoms. The lowest BCUT2D eigenvalue weighted by Crippen LogP contribution is -2.25. The molecule has 3 rings (SSSR count). The lowest BCUT2D eigenvalue weighted by atomic mass is 10.2. The fraction of sp³-hybridized carbons (Fsp3) is 0.286. The first-order chi connectivity index (χ1) is 15.4. The number of thioether (sulfide) groups is 1. The van der Waals surface area contributed by atoms with E-state index >= 15 is 0 Å². The summed E-state index contributed by atoms with van der Waals surface area (Å²) in [6.45, 7) is 7.00. The van der Waals surface area contributed by atoms with Gasteiger partial charge in [0.25, 0.3) is 0 Å². The average molecular weight is 473 g/mol. The number of nitrogen functional groups attached to an aromatic ring is 1. The Kier molecular flexibility index (Phi) is 8.01. The number of ether oxygens (including phenoxy) is 1. The minimum Gasteiger partial charge on any atom is -0.457 e. The Morgan fingerprint density at radius 3 is 2.81 bits per heavy atom. The maximum atomic E-state index is 12.9. The fourth-order valence-corrected chi connectivity index (χ4v) is 4.69. The molecule has 0 fully saturated rings. The number of hydrogen-bond acceptors (Lipinski definition) is 9. The Hall–Kier alpha value is -3.18. The third-order valence-corrected chi connectivity index (χ3v) is 6.46. The Morgan fingerprint density at radius 1 is 1.34 bits per heavy atom. The first-order valence-electron chi connectivity index (χ1n) is 9.84. The number of hydrogen-bond donors (Lipinski definition) is 2. The van der Waals surface area contributed by atoms with Crippen LogP contribution >= 0.6 is 23.1 Å². The van der Waals surface area contributed by atoms with Crippen LogP contribution in [0.3, 0.4) is 0 Å². The topological polar surface area (TPSA) is 125 Å². The Balaban J connectivity index is 1.65. The van der Waals surface area contributed by atoms with Gasteiger partial charge >= 0.3 is 5.97 Å². The van der Waals surface area contributed by atoms with Crippen LogP contribution in [-0.4, -0.2) is 44.0 Å². The molecule has 1 amide bonds. The van der Waals surface area contributed by atoms with E-state index in [1.54, 1.807) is 18.4 Å². The van der Waals surface area contributed by atoms with Crippen molar-refractivity contribution in [1.82, 2.24) is 19.7 Å². The van der Waals surface area contributed by atoms with Gasteiger partial charge in [0.15, 0.2) is 10.3 Å². The van der Waals surface area contributed by atoms with Gasteiger partial charge in [0.2, 0.25) is 11.9 Å². The van der Waals surface area contributed by atoms with Crippen molar-refractivity contribution in [3.63, 3.8) is 0 Å². The minimum absolute atomic E-state index is 0.104. The number of benzene rings is 1. The van der Waals surface area contributed by atoms with Gasteiger partial charge in [-0.1, -0.05) is 66.1 Å². The van der Waals surface area contributed by atoms with Gasteiger partial charge in [-0.2, -0.15) is 0 Å². The van der Waals surface area contributed by atoms with Crippen LogP contribution in [0.4, 0.5) is 11.1 Å². The largest absolute Gasteiger partial charge is 0.457 e. The molecule has 0 radical (unpaired) electrons. The number of thiazole rings is 1. The molecule has 0 aliphatic rings. The van der Waals surface area contributed by atoms with Crippen LogP contribution in [0.2, 0.25) is 0 Å². The normalized spacial score (nSPS) is 11.7. The maximum absolute atomic E-state index is 12.9. The van der Waals surface area contributed by atoms with Gasteiger partial charge in [-0.25, -0.2) is 9.78 Å². The molecule has 0 aliphatic carbocycles. The highest BCUT2D eigenvalue weighted by atomic mass is 32.2. The number of nitrogens with zero attached hydrogens (tertiary/aromatic N) is 4. The molecule has 1 unspecified atom stereocenters. The van der Waals surface area contributed by atoms with Crippen LogP contribution in [0.1, 0.15) is 33.9 Å². The summed E-state index contributed by atoms with van der Waals surface area (Å²) in [6, 6.07) is 9.42. The van der Waals surface area contributed by atoms with Gasteiger partial charge in [-0.05, 0) is 25.8 Å². The number of anilines is 2. The zero-order valence-corrected chi connectivity index (χ0v) is 19.4. The van der Waals surface area contributed by atoms with E-state index in [1.807, 2.05) is 18.2 Å². The number of nitrogens with two attached hydrogens (primary N) is 1. The zero-order chi connectivity index (χ0) is 23.1. The standard InChI is InChI=1S/C21H24N6O3S2/c1-4-11-30-18(29)16-13(2)23-20(32-16)24-17(28)14(3)27-19(22)25-26-21(27)31-12-10-15-8-6-5-7-9-15/h4-9,14H,1,10-12H2,2-3H3,(H2,22,25)(H,23,24,28). The SMILES string of the molecule is C=CCOC(=O)c1sc(NC(=O)C(C)n2c(N)nnc2SCCc2ccccc2)nc1C. The number of carbonyl (C=O) groups is 2. The Labute approximate surface area is 194 Å². The molecule has 168 valence electrons. The van der Waals surface area contributed by atoms with Crippen LogP contribution in [-0.2, 0) is 16.0 Å². The van der Waals surface area contributed by atoms with Crippen LogP contribution in [0.15, 0.2) is 48.1 Å². The second kappa shape index (κ2) is 10.9. The average Bonchev–Trinajstić information content (AvgIpc) is 3.34. The number of nitrogens with one attached hydrogen (secondary N) is 1. The zero-order valence-electron chi connectivity index (χ0n) is 17.8. The highest BCUT2D eigenvalue weighted by Gasteiger charge is 2.24. The molecule has 0 saturated carbocycles. The molecule has 3 N–H and O–H groups in total. The fourth-order valence-electron chi connectivity index (χ4n) is 2.82. The lowest BCUT2D eigenvalue weighted by Gasteiger charge is -2.15. The van der Waals surface area contributed by atoms with Gasteiger partial charge in [0, 0.05) is 5.75 Å². The van der Waals surface area contributed by atoms with E-state index in [2.05, 4.69) is 39.2 Å². The van der Waals surface area contributed by atoms with Crippen LogP contribution < -0.4 is 11.1 Å². The van der Waals surface area contributed by atoms with E-state index in [1.165, 1.54) is 23.4 Å². The smallest absolute Gasteiger partial charge is 0.350 e. The molecule has 9 nitrogen and oxygen atoms in total. The number of carbonyl (C=O) groups excluding carboxylic acids is 2. The summed E-state index contributed by atoms with van der Waals surface area (Å²) in [4.78, 5) is 29.5. The highest BCUT2D eigenvalue weighted by Crippen LogP contribution is 2.27. The molecule has 0 spiro atoms. The third-order valence-electron chi connectivity index (χ3n) is 4.47. The van der Waals surface area contributed by atoms with E-state index in [0.29, 0.717) is 20.9 Å².